The lowest BCUT2D eigenvalue weighted by molar-refractivity contribution is 0.456. The van der Waals surface area contributed by atoms with Crippen molar-refractivity contribution in [3.05, 3.63) is 68.7 Å². The van der Waals surface area contributed by atoms with Crippen LogP contribution in [0, 0.1) is 0 Å². The number of rotatable bonds is 5. The molecule has 0 aliphatic carbocycles. The van der Waals surface area contributed by atoms with E-state index in [9.17, 15) is 0 Å². The summed E-state index contributed by atoms with van der Waals surface area (Å²) in [5.74, 6) is 0. The summed E-state index contributed by atoms with van der Waals surface area (Å²) in [6.07, 6.45) is 0.937. The molecule has 0 radical (unpaired) electrons. The summed E-state index contributed by atoms with van der Waals surface area (Å²) in [5, 5.41) is 5.70. The second kappa shape index (κ2) is 7.51. The Morgan fingerprint density at radius 3 is 2.33 bits per heavy atom. The summed E-state index contributed by atoms with van der Waals surface area (Å²) in [6.45, 7) is 4.26. The second-order valence-electron chi connectivity index (χ2n) is 5.07. The van der Waals surface area contributed by atoms with Gasteiger partial charge in [-0.1, -0.05) is 59.9 Å². The van der Waals surface area contributed by atoms with Crippen molar-refractivity contribution in [3.8, 4) is 0 Å². The minimum atomic E-state index is 0.170. The van der Waals surface area contributed by atoms with Gasteiger partial charge in [-0.25, -0.2) is 0 Å². The quantitative estimate of drug-likeness (QED) is 0.658. The molecule has 2 aromatic rings. The van der Waals surface area contributed by atoms with Crippen molar-refractivity contribution in [2.45, 2.75) is 32.4 Å². The number of halogens is 3. The number of hydrogen-bond acceptors (Lipinski definition) is 1. The minimum absolute atomic E-state index is 0.170. The van der Waals surface area contributed by atoms with Crippen molar-refractivity contribution in [2.75, 3.05) is 0 Å². The molecule has 21 heavy (non-hydrogen) atoms. The number of hydrogen-bond donors (Lipinski definition) is 1. The van der Waals surface area contributed by atoms with Gasteiger partial charge in [0.1, 0.15) is 0 Å². The highest BCUT2D eigenvalue weighted by Crippen LogP contribution is 2.30. The molecule has 0 saturated carbocycles. The molecule has 1 nitrogen and oxygen atoms in total. The summed E-state index contributed by atoms with van der Waals surface area (Å²) in [5.41, 5.74) is 2.23. The molecular weight excluding hydrogens is 325 g/mol. The van der Waals surface area contributed by atoms with E-state index in [-0.39, 0.29) is 12.1 Å². The second-order valence-corrected chi connectivity index (χ2v) is 6.35. The third-order valence-electron chi connectivity index (χ3n) is 3.55. The van der Waals surface area contributed by atoms with Gasteiger partial charge in [0.05, 0.1) is 0 Å². The number of benzene rings is 2. The van der Waals surface area contributed by atoms with Gasteiger partial charge >= 0.3 is 0 Å². The van der Waals surface area contributed by atoms with Crippen LogP contribution in [0.2, 0.25) is 15.1 Å². The van der Waals surface area contributed by atoms with E-state index in [4.69, 9.17) is 34.8 Å². The van der Waals surface area contributed by atoms with E-state index in [1.165, 1.54) is 0 Å². The van der Waals surface area contributed by atoms with Crippen molar-refractivity contribution in [2.24, 2.45) is 0 Å². The standard InChI is InChI=1S/C17H18Cl3N/c1-3-17(15-8-7-14(19)10-16(15)20)21-11(2)12-5-4-6-13(18)9-12/h4-11,17,21H,3H2,1-2H3. The van der Waals surface area contributed by atoms with Gasteiger partial charge in [-0.3, -0.25) is 0 Å². The van der Waals surface area contributed by atoms with Crippen molar-refractivity contribution >= 4 is 34.8 Å². The van der Waals surface area contributed by atoms with Crippen molar-refractivity contribution < 1.29 is 0 Å². The van der Waals surface area contributed by atoms with Gasteiger partial charge in [0.15, 0.2) is 0 Å². The van der Waals surface area contributed by atoms with Crippen LogP contribution < -0.4 is 5.32 Å². The van der Waals surface area contributed by atoms with Gasteiger partial charge < -0.3 is 5.32 Å². The smallest absolute Gasteiger partial charge is 0.0468 e. The predicted octanol–water partition coefficient (Wildman–Crippen LogP) is 6.45. The van der Waals surface area contributed by atoms with Crippen LogP contribution in [0.25, 0.3) is 0 Å². The Morgan fingerprint density at radius 2 is 1.71 bits per heavy atom. The average Bonchev–Trinajstić information content (AvgIpc) is 2.45. The molecule has 2 aromatic carbocycles. The molecule has 112 valence electrons. The Balaban J connectivity index is 2.18. The third kappa shape index (κ3) is 4.37. The highest BCUT2D eigenvalue weighted by molar-refractivity contribution is 6.35. The van der Waals surface area contributed by atoms with Crippen LogP contribution in [0.3, 0.4) is 0 Å². The predicted molar refractivity (Wildman–Crippen MR) is 92.5 cm³/mol. The SMILES string of the molecule is CCC(NC(C)c1cccc(Cl)c1)c1ccc(Cl)cc1Cl. The molecule has 0 aromatic heterocycles. The minimum Gasteiger partial charge on any atom is -0.303 e. The molecule has 4 heteroatoms. The van der Waals surface area contributed by atoms with Crippen molar-refractivity contribution in [1.29, 1.82) is 0 Å². The number of nitrogens with one attached hydrogen (secondary N) is 1. The van der Waals surface area contributed by atoms with Gasteiger partial charge in [-0.05, 0) is 48.7 Å². The van der Waals surface area contributed by atoms with E-state index in [0.717, 1.165) is 22.6 Å². The van der Waals surface area contributed by atoms with Crippen LogP contribution in [-0.2, 0) is 0 Å². The first-order chi connectivity index (χ1) is 10.0. The normalized spacial score (nSPS) is 14.0. The summed E-state index contributed by atoms with van der Waals surface area (Å²) in [6, 6.07) is 13.9. The Morgan fingerprint density at radius 1 is 1.00 bits per heavy atom. The topological polar surface area (TPSA) is 12.0 Å². The maximum absolute atomic E-state index is 6.31. The van der Waals surface area contributed by atoms with E-state index in [1.807, 2.05) is 30.3 Å². The maximum atomic E-state index is 6.31. The maximum Gasteiger partial charge on any atom is 0.0468 e. The molecule has 2 atom stereocenters. The summed E-state index contributed by atoms with van der Waals surface area (Å²) >= 11 is 18.3. The van der Waals surface area contributed by atoms with Crippen LogP contribution in [0.5, 0.6) is 0 Å². The first-order valence-corrected chi connectivity index (χ1v) is 8.11. The highest BCUT2D eigenvalue weighted by atomic mass is 35.5. The van der Waals surface area contributed by atoms with Crippen LogP contribution in [-0.4, -0.2) is 0 Å². The fourth-order valence-corrected chi connectivity index (χ4v) is 3.12. The molecule has 0 heterocycles. The Kier molecular flexibility index (Phi) is 5.95. The molecule has 2 rings (SSSR count). The molecule has 1 N–H and O–H groups in total. The van der Waals surface area contributed by atoms with E-state index in [2.05, 4.69) is 25.2 Å². The van der Waals surface area contributed by atoms with E-state index < -0.39 is 0 Å². The first-order valence-electron chi connectivity index (χ1n) is 6.97. The van der Waals surface area contributed by atoms with Gasteiger partial charge in [-0.15, -0.1) is 0 Å². The zero-order valence-corrected chi connectivity index (χ0v) is 14.3. The van der Waals surface area contributed by atoms with Crippen LogP contribution in [0.15, 0.2) is 42.5 Å². The van der Waals surface area contributed by atoms with E-state index >= 15 is 0 Å². The molecular formula is C17H18Cl3N. The van der Waals surface area contributed by atoms with E-state index in [1.54, 1.807) is 6.07 Å². The molecule has 0 saturated heterocycles. The molecule has 0 amide bonds. The average molecular weight is 343 g/mol. The summed E-state index contributed by atoms with van der Waals surface area (Å²) in [7, 11) is 0. The first kappa shape index (κ1) is 16.6. The van der Waals surface area contributed by atoms with Crippen LogP contribution in [0.4, 0.5) is 0 Å². The molecule has 0 spiro atoms. The third-order valence-corrected chi connectivity index (χ3v) is 4.34. The monoisotopic (exact) mass is 341 g/mol. The zero-order chi connectivity index (χ0) is 15.4. The van der Waals surface area contributed by atoms with Gasteiger partial charge in [0.25, 0.3) is 0 Å². The fourth-order valence-electron chi connectivity index (χ4n) is 2.39. The highest BCUT2D eigenvalue weighted by Gasteiger charge is 2.16. The Labute approximate surface area is 141 Å². The summed E-state index contributed by atoms with van der Waals surface area (Å²) in [4.78, 5) is 0. The van der Waals surface area contributed by atoms with Crippen molar-refractivity contribution in [3.63, 3.8) is 0 Å². The lowest BCUT2D eigenvalue weighted by Gasteiger charge is -2.24. The Bertz CT molecular complexity index is 613. The molecule has 0 aliphatic heterocycles. The summed E-state index contributed by atoms with van der Waals surface area (Å²) < 4.78 is 0. The molecule has 2 unspecified atom stereocenters. The lowest BCUT2D eigenvalue weighted by atomic mass is 10.0. The fraction of sp³-hybridized carbons (Fsp3) is 0.294. The lowest BCUT2D eigenvalue weighted by Crippen LogP contribution is -2.24. The zero-order valence-electron chi connectivity index (χ0n) is 12.0. The molecule has 0 fully saturated rings. The van der Waals surface area contributed by atoms with E-state index in [0.29, 0.717) is 10.0 Å². The van der Waals surface area contributed by atoms with Crippen LogP contribution in [0.1, 0.15) is 43.5 Å². The molecule has 0 bridgehead atoms. The van der Waals surface area contributed by atoms with Gasteiger partial charge in [-0.2, -0.15) is 0 Å². The van der Waals surface area contributed by atoms with Crippen LogP contribution >= 0.6 is 34.8 Å². The van der Waals surface area contributed by atoms with Crippen molar-refractivity contribution in [1.82, 2.24) is 5.32 Å². The largest absolute Gasteiger partial charge is 0.303 e. The van der Waals surface area contributed by atoms with Gasteiger partial charge in [0, 0.05) is 27.2 Å². The molecule has 0 aliphatic rings. The van der Waals surface area contributed by atoms with Gasteiger partial charge in [0.2, 0.25) is 0 Å². The Hall–Kier alpha value is -0.730.